The molecule has 1 unspecified atom stereocenters. The number of carbonyl (C=O) groups excluding carboxylic acids is 1. The molecule has 102 valence electrons. The van der Waals surface area contributed by atoms with Gasteiger partial charge in [0, 0.05) is 11.4 Å². The summed E-state index contributed by atoms with van der Waals surface area (Å²) >= 11 is 3.38. The molecule has 0 saturated heterocycles. The summed E-state index contributed by atoms with van der Waals surface area (Å²) in [6, 6.07) is 0. The largest absolute Gasteiger partial charge is 0.446 e. The van der Waals surface area contributed by atoms with E-state index in [1.807, 2.05) is 6.92 Å². The molecule has 8 heteroatoms. The predicted molar refractivity (Wildman–Crippen MR) is 69.3 cm³/mol. The van der Waals surface area contributed by atoms with Crippen LogP contribution < -0.4 is 9.44 Å². The number of alkyl halides is 1. The van der Waals surface area contributed by atoms with E-state index in [1.165, 1.54) is 0 Å². The highest BCUT2D eigenvalue weighted by molar-refractivity contribution is 9.09. The van der Waals surface area contributed by atoms with Gasteiger partial charge in [0.25, 0.3) is 0 Å². The Bertz CT molecular complexity index is 332. The van der Waals surface area contributed by atoms with E-state index in [2.05, 4.69) is 25.4 Å². The molecule has 17 heavy (non-hydrogen) atoms. The molecule has 1 atom stereocenters. The normalized spacial score (nSPS) is 13.5. The third-order valence-corrected chi connectivity index (χ3v) is 3.88. The third kappa shape index (κ3) is 9.37. The molecule has 0 heterocycles. The smallest absolute Gasteiger partial charge is 0.422 e. The van der Waals surface area contributed by atoms with Crippen molar-refractivity contribution in [2.75, 3.05) is 6.54 Å². The molecule has 0 rings (SSSR count). The zero-order valence-electron chi connectivity index (χ0n) is 10.2. The number of nitrogens with one attached hydrogen (secondary N) is 2. The summed E-state index contributed by atoms with van der Waals surface area (Å²) in [5, 5.41) is 0. The summed E-state index contributed by atoms with van der Waals surface area (Å²) in [7, 11) is -3.83. The topological polar surface area (TPSA) is 84.5 Å². The number of carbonyl (C=O) groups is 1. The number of rotatable bonds is 7. The van der Waals surface area contributed by atoms with Crippen LogP contribution in [0.15, 0.2) is 0 Å². The van der Waals surface area contributed by atoms with Crippen LogP contribution in [0.3, 0.4) is 0 Å². The molecule has 2 N–H and O–H groups in total. The fraction of sp³-hybridized carbons (Fsp3) is 0.889. The summed E-state index contributed by atoms with van der Waals surface area (Å²) in [6.45, 7) is 5.52. The third-order valence-electron chi connectivity index (χ3n) is 1.75. The van der Waals surface area contributed by atoms with E-state index in [1.54, 1.807) is 18.6 Å². The first-order valence-electron chi connectivity index (χ1n) is 5.39. The van der Waals surface area contributed by atoms with Gasteiger partial charge in [-0.2, -0.15) is 13.1 Å². The second-order valence-electron chi connectivity index (χ2n) is 3.75. The van der Waals surface area contributed by atoms with Crippen LogP contribution in [0.2, 0.25) is 0 Å². The molecule has 0 spiro atoms. The summed E-state index contributed by atoms with van der Waals surface area (Å²) in [5.41, 5.74) is 0. The lowest BCUT2D eigenvalue weighted by Gasteiger charge is -2.11. The van der Waals surface area contributed by atoms with Gasteiger partial charge in [-0.3, -0.25) is 0 Å². The van der Waals surface area contributed by atoms with Crippen molar-refractivity contribution >= 4 is 32.2 Å². The van der Waals surface area contributed by atoms with E-state index >= 15 is 0 Å². The van der Waals surface area contributed by atoms with Crippen LogP contribution in [0.5, 0.6) is 0 Å². The Hall–Kier alpha value is -0.340. The van der Waals surface area contributed by atoms with Crippen LogP contribution in [0.1, 0.15) is 33.6 Å². The van der Waals surface area contributed by atoms with Gasteiger partial charge in [-0.05, 0) is 26.7 Å². The van der Waals surface area contributed by atoms with Gasteiger partial charge in [-0.1, -0.05) is 22.9 Å². The molecule has 0 aliphatic carbocycles. The molecule has 1 amide bonds. The molecular formula is C9H19BrN2O4S. The van der Waals surface area contributed by atoms with E-state index in [-0.39, 0.29) is 17.5 Å². The van der Waals surface area contributed by atoms with Crippen LogP contribution in [0.4, 0.5) is 4.79 Å². The van der Waals surface area contributed by atoms with Crippen LogP contribution in [0, 0.1) is 0 Å². The highest BCUT2D eigenvalue weighted by Crippen LogP contribution is 2.07. The summed E-state index contributed by atoms with van der Waals surface area (Å²) in [5.74, 6) is 0. The average molecular weight is 331 g/mol. The van der Waals surface area contributed by atoms with Crippen LogP contribution in [0.25, 0.3) is 0 Å². The maximum absolute atomic E-state index is 11.4. The first-order chi connectivity index (χ1) is 7.76. The monoisotopic (exact) mass is 330 g/mol. The number of ether oxygens (including phenoxy) is 1. The Morgan fingerprint density at radius 2 is 2.00 bits per heavy atom. The second-order valence-corrected chi connectivity index (χ2v) is 6.54. The Morgan fingerprint density at radius 3 is 2.47 bits per heavy atom. The van der Waals surface area contributed by atoms with E-state index < -0.39 is 16.3 Å². The molecule has 0 fully saturated rings. The molecule has 0 aromatic heterocycles. The number of halogens is 1. The fourth-order valence-corrected chi connectivity index (χ4v) is 1.89. The quantitative estimate of drug-likeness (QED) is 0.693. The minimum Gasteiger partial charge on any atom is -0.446 e. The van der Waals surface area contributed by atoms with E-state index in [0.29, 0.717) is 6.42 Å². The van der Waals surface area contributed by atoms with Gasteiger partial charge in [-0.25, -0.2) is 9.52 Å². The van der Waals surface area contributed by atoms with Crippen molar-refractivity contribution in [1.82, 2.24) is 9.44 Å². The van der Waals surface area contributed by atoms with Crippen LogP contribution >= 0.6 is 15.9 Å². The van der Waals surface area contributed by atoms with Crippen LogP contribution in [-0.4, -0.2) is 32.0 Å². The Morgan fingerprint density at radius 1 is 1.41 bits per heavy atom. The maximum Gasteiger partial charge on any atom is 0.422 e. The lowest BCUT2D eigenvalue weighted by Crippen LogP contribution is -2.41. The van der Waals surface area contributed by atoms with E-state index in [9.17, 15) is 13.2 Å². The van der Waals surface area contributed by atoms with Gasteiger partial charge >= 0.3 is 16.3 Å². The summed E-state index contributed by atoms with van der Waals surface area (Å²) in [4.78, 5) is 11.3. The highest BCUT2D eigenvalue weighted by Gasteiger charge is 2.15. The number of hydrogen-bond acceptors (Lipinski definition) is 4. The molecule has 0 aromatic carbocycles. The average Bonchev–Trinajstić information content (AvgIpc) is 2.14. The van der Waals surface area contributed by atoms with E-state index in [0.717, 1.165) is 6.42 Å². The second kappa shape index (κ2) is 7.88. The molecule has 0 aromatic rings. The molecule has 0 aliphatic heterocycles. The standard InChI is InChI=1S/C9H19BrN2O4S/c1-4-8(10)5-6-11-17(14,15)12-9(13)16-7(2)3/h7-8,11H,4-6H2,1-3H3,(H,12,13). The SMILES string of the molecule is CCC(Br)CCNS(=O)(=O)NC(=O)OC(C)C. The molecule has 0 saturated carbocycles. The Balaban J connectivity index is 4.00. The zero-order chi connectivity index (χ0) is 13.5. The lowest BCUT2D eigenvalue weighted by molar-refractivity contribution is 0.121. The van der Waals surface area contributed by atoms with Crippen molar-refractivity contribution in [3.05, 3.63) is 0 Å². The predicted octanol–water partition coefficient (Wildman–Crippen LogP) is 1.52. The minimum atomic E-state index is -3.83. The van der Waals surface area contributed by atoms with Gasteiger partial charge < -0.3 is 4.74 Å². The van der Waals surface area contributed by atoms with Crippen molar-refractivity contribution in [3.63, 3.8) is 0 Å². The molecule has 6 nitrogen and oxygen atoms in total. The van der Waals surface area contributed by atoms with Crippen molar-refractivity contribution < 1.29 is 17.9 Å². The molecular weight excluding hydrogens is 312 g/mol. The maximum atomic E-state index is 11.4. The van der Waals surface area contributed by atoms with Crippen molar-refractivity contribution in [2.24, 2.45) is 0 Å². The van der Waals surface area contributed by atoms with Gasteiger partial charge in [0.1, 0.15) is 0 Å². The van der Waals surface area contributed by atoms with Gasteiger partial charge in [0.05, 0.1) is 6.10 Å². The van der Waals surface area contributed by atoms with Crippen molar-refractivity contribution in [2.45, 2.75) is 44.5 Å². The first kappa shape index (κ1) is 16.7. The number of amides is 1. The zero-order valence-corrected chi connectivity index (χ0v) is 12.6. The minimum absolute atomic E-state index is 0.257. The summed E-state index contributed by atoms with van der Waals surface area (Å²) in [6.07, 6.45) is 0.219. The number of hydrogen-bond donors (Lipinski definition) is 2. The van der Waals surface area contributed by atoms with Crippen molar-refractivity contribution in [1.29, 1.82) is 0 Å². The van der Waals surface area contributed by atoms with Gasteiger partial charge in [0.15, 0.2) is 0 Å². The summed E-state index contributed by atoms with van der Waals surface area (Å²) < 4.78 is 31.4. The highest BCUT2D eigenvalue weighted by atomic mass is 79.9. The fourth-order valence-electron chi connectivity index (χ4n) is 0.938. The molecule has 0 bridgehead atoms. The Kier molecular flexibility index (Phi) is 7.73. The molecule has 0 radical (unpaired) electrons. The van der Waals surface area contributed by atoms with Crippen LogP contribution in [-0.2, 0) is 14.9 Å². The Labute approximate surface area is 111 Å². The van der Waals surface area contributed by atoms with Gasteiger partial charge in [-0.15, -0.1) is 0 Å². The van der Waals surface area contributed by atoms with Crippen molar-refractivity contribution in [3.8, 4) is 0 Å². The van der Waals surface area contributed by atoms with E-state index in [4.69, 9.17) is 0 Å². The molecule has 0 aliphatic rings. The first-order valence-corrected chi connectivity index (χ1v) is 7.78. The van der Waals surface area contributed by atoms with Gasteiger partial charge in [0.2, 0.25) is 0 Å². The lowest BCUT2D eigenvalue weighted by atomic mass is 10.2.